The first-order chi connectivity index (χ1) is 9.88. The second-order valence-corrected chi connectivity index (χ2v) is 7.22. The number of aryl methyl sites for hydroxylation is 1. The van der Waals surface area contributed by atoms with Crippen LogP contribution in [0.4, 0.5) is 0 Å². The van der Waals surface area contributed by atoms with Gasteiger partial charge < -0.3 is 4.57 Å². The van der Waals surface area contributed by atoms with Crippen molar-refractivity contribution in [1.29, 1.82) is 0 Å². The monoisotopic (exact) mass is 312 g/mol. The van der Waals surface area contributed by atoms with E-state index < -0.39 is 10.0 Å². The van der Waals surface area contributed by atoms with Crippen molar-refractivity contribution in [2.45, 2.75) is 12.8 Å². The summed E-state index contributed by atoms with van der Waals surface area (Å²) in [5, 5.41) is 3.92. The molecule has 1 saturated heterocycles. The first-order valence-corrected chi connectivity index (χ1v) is 8.62. The van der Waals surface area contributed by atoms with Crippen molar-refractivity contribution in [3.63, 3.8) is 0 Å². The molecule has 0 unspecified atom stereocenters. The van der Waals surface area contributed by atoms with Crippen LogP contribution in [0.1, 0.15) is 18.5 Å². The smallest absolute Gasteiger partial charge is 0.244 e. The van der Waals surface area contributed by atoms with Crippen LogP contribution in [-0.2, 0) is 21.9 Å². The summed E-state index contributed by atoms with van der Waals surface area (Å²) in [5.74, 6) is -0.590. The molecule has 1 atom stereocenters. The van der Waals surface area contributed by atoms with Gasteiger partial charge in [-0.05, 0) is 25.0 Å². The normalized spacial score (nSPS) is 20.8. The van der Waals surface area contributed by atoms with Gasteiger partial charge in [0.15, 0.2) is 0 Å². The Morgan fingerprint density at radius 2 is 2.29 bits per heavy atom. The van der Waals surface area contributed by atoms with E-state index in [1.54, 1.807) is 6.21 Å². The molecule has 0 aliphatic carbocycles. The molecule has 0 radical (unpaired) electrons. The molecular weight excluding hydrogens is 292 g/mol. The highest BCUT2D eigenvalue weighted by atomic mass is 32.2. The van der Waals surface area contributed by atoms with Gasteiger partial charge in [-0.3, -0.25) is 4.79 Å². The van der Waals surface area contributed by atoms with Crippen LogP contribution in [0.15, 0.2) is 23.4 Å². The van der Waals surface area contributed by atoms with E-state index in [-0.39, 0.29) is 18.4 Å². The summed E-state index contributed by atoms with van der Waals surface area (Å²) >= 11 is 0. The van der Waals surface area contributed by atoms with Crippen molar-refractivity contribution in [2.24, 2.45) is 18.1 Å². The fraction of sp³-hybridized carbons (Fsp3) is 0.538. The highest BCUT2D eigenvalue weighted by molar-refractivity contribution is 7.88. The standard InChI is InChI=1S/C13H20N4O3S/c1-16-7-4-6-12(16)9-14-15-13(18)11-5-3-8-17(10-11)21(2,19)20/h4,6-7,9,11H,3,5,8,10H2,1-2H3,(H,15,18)/b14-9-/t11-/m1/s1. The number of hydrogen-bond donors (Lipinski definition) is 1. The van der Waals surface area contributed by atoms with E-state index in [9.17, 15) is 13.2 Å². The van der Waals surface area contributed by atoms with Crippen LogP contribution in [0.3, 0.4) is 0 Å². The Bertz CT molecular complexity index is 636. The van der Waals surface area contributed by atoms with Gasteiger partial charge in [0.05, 0.1) is 24.1 Å². The lowest BCUT2D eigenvalue weighted by Crippen LogP contribution is -2.44. The zero-order valence-electron chi connectivity index (χ0n) is 12.2. The second-order valence-electron chi connectivity index (χ2n) is 5.24. The molecule has 0 bridgehead atoms. The summed E-state index contributed by atoms with van der Waals surface area (Å²) in [4.78, 5) is 12.0. The number of carbonyl (C=O) groups excluding carboxylic acids is 1. The lowest BCUT2D eigenvalue weighted by atomic mass is 9.99. The molecule has 7 nitrogen and oxygen atoms in total. The molecule has 0 spiro atoms. The molecule has 1 aromatic rings. The first-order valence-electron chi connectivity index (χ1n) is 6.77. The summed E-state index contributed by atoms with van der Waals surface area (Å²) in [6.45, 7) is 0.708. The van der Waals surface area contributed by atoms with Gasteiger partial charge in [0, 0.05) is 26.3 Å². The molecule has 1 aliphatic rings. The molecule has 1 N–H and O–H groups in total. The number of rotatable bonds is 4. The van der Waals surface area contributed by atoms with E-state index in [1.165, 1.54) is 10.6 Å². The van der Waals surface area contributed by atoms with Crippen molar-refractivity contribution in [1.82, 2.24) is 14.3 Å². The highest BCUT2D eigenvalue weighted by Gasteiger charge is 2.29. The Hall–Kier alpha value is -1.67. The maximum atomic E-state index is 12.0. The molecule has 116 valence electrons. The Morgan fingerprint density at radius 1 is 1.52 bits per heavy atom. The number of carbonyl (C=O) groups is 1. The first kappa shape index (κ1) is 15.7. The van der Waals surface area contributed by atoms with E-state index in [1.807, 2.05) is 29.9 Å². The molecule has 1 amide bonds. The van der Waals surface area contributed by atoms with E-state index >= 15 is 0 Å². The quantitative estimate of drug-likeness (QED) is 0.634. The number of hydrogen-bond acceptors (Lipinski definition) is 4. The fourth-order valence-electron chi connectivity index (χ4n) is 2.32. The summed E-state index contributed by atoms with van der Waals surface area (Å²) in [6, 6.07) is 3.76. The average Bonchev–Trinajstić information content (AvgIpc) is 2.83. The van der Waals surface area contributed by atoms with Crippen molar-refractivity contribution < 1.29 is 13.2 Å². The summed E-state index contributed by atoms with van der Waals surface area (Å²) in [6.07, 6.45) is 5.98. The Labute approximate surface area is 124 Å². The van der Waals surface area contributed by atoms with Crippen LogP contribution >= 0.6 is 0 Å². The summed E-state index contributed by atoms with van der Waals surface area (Å²) in [5.41, 5.74) is 3.36. The Kier molecular flexibility index (Phi) is 4.79. The molecule has 0 aromatic carbocycles. The highest BCUT2D eigenvalue weighted by Crippen LogP contribution is 2.18. The van der Waals surface area contributed by atoms with Crippen molar-refractivity contribution >= 4 is 22.1 Å². The van der Waals surface area contributed by atoms with Gasteiger partial charge in [0.2, 0.25) is 15.9 Å². The SMILES string of the molecule is Cn1cccc1/C=N\NC(=O)[C@@H]1CCCN(S(C)(=O)=O)C1. The number of piperidine rings is 1. The molecule has 1 aromatic heterocycles. The number of hydrazone groups is 1. The topological polar surface area (TPSA) is 83.8 Å². The summed E-state index contributed by atoms with van der Waals surface area (Å²) < 4.78 is 26.3. The van der Waals surface area contributed by atoms with Gasteiger partial charge in [-0.1, -0.05) is 0 Å². The average molecular weight is 312 g/mol. The van der Waals surface area contributed by atoms with Gasteiger partial charge in [0.25, 0.3) is 0 Å². The number of nitrogens with one attached hydrogen (secondary N) is 1. The maximum absolute atomic E-state index is 12.0. The number of nitrogens with zero attached hydrogens (tertiary/aromatic N) is 3. The third-order valence-corrected chi connectivity index (χ3v) is 4.85. The van der Waals surface area contributed by atoms with Crippen LogP contribution in [-0.4, -0.2) is 48.8 Å². The largest absolute Gasteiger partial charge is 0.350 e. The molecule has 0 saturated carbocycles. The van der Waals surface area contributed by atoms with Crippen molar-refractivity contribution in [3.05, 3.63) is 24.0 Å². The lowest BCUT2D eigenvalue weighted by Gasteiger charge is -2.29. The minimum atomic E-state index is -3.24. The Morgan fingerprint density at radius 3 is 2.90 bits per heavy atom. The second kappa shape index (κ2) is 6.40. The third-order valence-electron chi connectivity index (χ3n) is 3.58. The molecule has 2 heterocycles. The van der Waals surface area contributed by atoms with Gasteiger partial charge in [-0.15, -0.1) is 0 Å². The maximum Gasteiger partial charge on any atom is 0.244 e. The van der Waals surface area contributed by atoms with E-state index in [0.29, 0.717) is 19.4 Å². The fourth-order valence-corrected chi connectivity index (χ4v) is 3.23. The molecular formula is C13H20N4O3S. The van der Waals surface area contributed by atoms with Gasteiger partial charge in [-0.25, -0.2) is 18.1 Å². The number of amides is 1. The number of aromatic nitrogens is 1. The predicted molar refractivity (Wildman–Crippen MR) is 80.3 cm³/mol. The Balaban J connectivity index is 1.91. The van der Waals surface area contributed by atoms with Crippen LogP contribution in [0, 0.1) is 5.92 Å². The van der Waals surface area contributed by atoms with Crippen molar-refractivity contribution in [2.75, 3.05) is 19.3 Å². The lowest BCUT2D eigenvalue weighted by molar-refractivity contribution is -0.126. The van der Waals surface area contributed by atoms with Crippen LogP contribution in [0.5, 0.6) is 0 Å². The molecule has 2 rings (SSSR count). The van der Waals surface area contributed by atoms with E-state index in [4.69, 9.17) is 0 Å². The zero-order valence-corrected chi connectivity index (χ0v) is 13.0. The van der Waals surface area contributed by atoms with E-state index in [2.05, 4.69) is 10.5 Å². The zero-order chi connectivity index (χ0) is 15.5. The van der Waals surface area contributed by atoms with Crippen LogP contribution in [0.25, 0.3) is 0 Å². The minimum absolute atomic E-state index is 0.227. The molecule has 21 heavy (non-hydrogen) atoms. The van der Waals surface area contributed by atoms with Crippen LogP contribution in [0.2, 0.25) is 0 Å². The van der Waals surface area contributed by atoms with E-state index in [0.717, 1.165) is 5.69 Å². The number of sulfonamides is 1. The van der Waals surface area contributed by atoms with Crippen LogP contribution < -0.4 is 5.43 Å². The molecule has 1 aliphatic heterocycles. The predicted octanol–water partition coefficient (Wildman–Crippen LogP) is 0.147. The van der Waals surface area contributed by atoms with Gasteiger partial charge >= 0.3 is 0 Å². The summed E-state index contributed by atoms with van der Waals surface area (Å²) in [7, 11) is -1.36. The molecule has 1 fully saturated rings. The molecule has 8 heteroatoms. The van der Waals surface area contributed by atoms with Gasteiger partial charge in [-0.2, -0.15) is 5.10 Å². The minimum Gasteiger partial charge on any atom is -0.350 e. The van der Waals surface area contributed by atoms with Crippen molar-refractivity contribution in [3.8, 4) is 0 Å². The van der Waals surface area contributed by atoms with Gasteiger partial charge in [0.1, 0.15) is 0 Å². The third kappa shape index (κ3) is 4.15.